The minimum absolute atomic E-state index is 0.0189. The highest BCUT2D eigenvalue weighted by atomic mass is 32.2. The molecule has 0 saturated heterocycles. The van der Waals surface area contributed by atoms with Gasteiger partial charge in [0.2, 0.25) is 15.9 Å². The van der Waals surface area contributed by atoms with Crippen LogP contribution < -0.4 is 14.8 Å². The fraction of sp³-hybridized carbons (Fsp3) is 0.533. The van der Waals surface area contributed by atoms with Crippen molar-refractivity contribution in [3.63, 3.8) is 0 Å². The summed E-state index contributed by atoms with van der Waals surface area (Å²) in [4.78, 5) is 12.0. The van der Waals surface area contributed by atoms with E-state index in [0.29, 0.717) is 0 Å². The number of ether oxygens (including phenoxy) is 1. The molecule has 124 valence electrons. The van der Waals surface area contributed by atoms with Gasteiger partial charge in [-0.25, -0.2) is 8.42 Å². The fourth-order valence-electron chi connectivity index (χ4n) is 1.82. The van der Waals surface area contributed by atoms with Crippen molar-refractivity contribution < 1.29 is 17.9 Å². The van der Waals surface area contributed by atoms with Gasteiger partial charge in [-0.15, -0.1) is 0 Å². The minimum Gasteiger partial charge on any atom is -0.495 e. The van der Waals surface area contributed by atoms with Crippen LogP contribution in [-0.4, -0.2) is 33.0 Å². The van der Waals surface area contributed by atoms with Crippen LogP contribution in [-0.2, 0) is 14.8 Å². The van der Waals surface area contributed by atoms with E-state index in [4.69, 9.17) is 4.74 Å². The van der Waals surface area contributed by atoms with Gasteiger partial charge in [-0.05, 0) is 52.3 Å². The van der Waals surface area contributed by atoms with Crippen LogP contribution in [0.4, 0.5) is 0 Å². The molecular formula is C15H24N2O4S. The van der Waals surface area contributed by atoms with Crippen LogP contribution in [0, 0.1) is 6.92 Å². The van der Waals surface area contributed by atoms with Crippen LogP contribution in [0.25, 0.3) is 0 Å². The maximum Gasteiger partial charge on any atom is 0.244 e. The van der Waals surface area contributed by atoms with Gasteiger partial charge in [0, 0.05) is 5.54 Å². The molecule has 22 heavy (non-hydrogen) atoms. The molecule has 2 N–H and O–H groups in total. The smallest absolute Gasteiger partial charge is 0.244 e. The molecule has 0 unspecified atom stereocenters. The van der Waals surface area contributed by atoms with Crippen molar-refractivity contribution in [3.05, 3.63) is 23.8 Å². The Morgan fingerprint density at radius 3 is 2.36 bits per heavy atom. The Hall–Kier alpha value is -1.60. The molecule has 7 heteroatoms. The molecule has 1 aromatic rings. The van der Waals surface area contributed by atoms with E-state index in [9.17, 15) is 13.2 Å². The number of methoxy groups -OCH3 is 1. The maximum absolute atomic E-state index is 12.5. The molecule has 0 saturated carbocycles. The second-order valence-corrected chi connectivity index (χ2v) is 7.92. The maximum atomic E-state index is 12.5. The van der Waals surface area contributed by atoms with E-state index in [0.717, 1.165) is 5.56 Å². The van der Waals surface area contributed by atoms with Crippen LogP contribution in [0.5, 0.6) is 5.75 Å². The number of rotatable bonds is 5. The van der Waals surface area contributed by atoms with Crippen molar-refractivity contribution >= 4 is 15.9 Å². The van der Waals surface area contributed by atoms with Crippen molar-refractivity contribution in [1.82, 2.24) is 10.0 Å². The number of carbonyl (C=O) groups excluding carboxylic acids is 1. The number of benzene rings is 1. The van der Waals surface area contributed by atoms with Crippen LogP contribution in [0.3, 0.4) is 0 Å². The number of amides is 1. The number of sulfonamides is 1. The quantitative estimate of drug-likeness (QED) is 0.859. The Balaban J connectivity index is 3.01. The second-order valence-electron chi connectivity index (χ2n) is 6.24. The van der Waals surface area contributed by atoms with E-state index >= 15 is 0 Å². The molecule has 6 nitrogen and oxygen atoms in total. The highest BCUT2D eigenvalue weighted by Gasteiger charge is 2.26. The van der Waals surface area contributed by atoms with Gasteiger partial charge < -0.3 is 10.1 Å². The Kier molecular flexibility index (Phi) is 5.59. The van der Waals surface area contributed by atoms with E-state index in [1.165, 1.54) is 20.1 Å². The Labute approximate surface area is 132 Å². The third-order valence-electron chi connectivity index (χ3n) is 2.83. The first-order valence-electron chi connectivity index (χ1n) is 6.95. The Morgan fingerprint density at radius 1 is 1.27 bits per heavy atom. The number of hydrogen-bond acceptors (Lipinski definition) is 4. The molecule has 0 heterocycles. The first kappa shape index (κ1) is 18.4. The van der Waals surface area contributed by atoms with Crippen molar-refractivity contribution in [1.29, 1.82) is 0 Å². The normalized spacial score (nSPS) is 13.5. The number of nitrogens with one attached hydrogen (secondary N) is 2. The van der Waals surface area contributed by atoms with Gasteiger partial charge in [0.1, 0.15) is 10.6 Å². The molecule has 0 radical (unpaired) electrons. The summed E-state index contributed by atoms with van der Waals surface area (Å²) in [5.41, 5.74) is 0.352. The van der Waals surface area contributed by atoms with Gasteiger partial charge in [0.05, 0.1) is 13.2 Å². The summed E-state index contributed by atoms with van der Waals surface area (Å²) in [6.07, 6.45) is 0. The zero-order valence-electron chi connectivity index (χ0n) is 13.9. The highest BCUT2D eigenvalue weighted by molar-refractivity contribution is 7.89. The van der Waals surface area contributed by atoms with Crippen LogP contribution in [0.15, 0.2) is 23.1 Å². The molecule has 0 fully saturated rings. The fourth-order valence-corrected chi connectivity index (χ4v) is 3.28. The zero-order chi connectivity index (χ0) is 17.1. The summed E-state index contributed by atoms with van der Waals surface area (Å²) in [6, 6.07) is 3.96. The van der Waals surface area contributed by atoms with Crippen molar-refractivity contribution in [2.75, 3.05) is 7.11 Å². The monoisotopic (exact) mass is 328 g/mol. The summed E-state index contributed by atoms with van der Waals surface area (Å²) in [5, 5.41) is 2.74. The molecule has 1 rings (SSSR count). The topological polar surface area (TPSA) is 84.5 Å². The lowest BCUT2D eigenvalue weighted by Crippen LogP contribution is -2.50. The SMILES string of the molecule is COc1ccc(C)cc1S(=O)(=O)N[C@H](C)C(=O)NC(C)(C)C. The number of carbonyl (C=O) groups is 1. The van der Waals surface area contributed by atoms with E-state index in [-0.39, 0.29) is 16.6 Å². The average Bonchev–Trinajstić information content (AvgIpc) is 2.36. The summed E-state index contributed by atoms with van der Waals surface area (Å²) < 4.78 is 32.4. The number of hydrogen-bond donors (Lipinski definition) is 2. The molecule has 0 aliphatic heterocycles. The average molecular weight is 328 g/mol. The molecule has 0 aromatic heterocycles. The van der Waals surface area contributed by atoms with E-state index in [1.54, 1.807) is 19.1 Å². The predicted molar refractivity (Wildman–Crippen MR) is 85.4 cm³/mol. The van der Waals surface area contributed by atoms with Crippen molar-refractivity contribution in [3.8, 4) is 5.75 Å². The molecule has 1 atom stereocenters. The minimum atomic E-state index is -3.86. The van der Waals surface area contributed by atoms with Crippen LogP contribution in [0.2, 0.25) is 0 Å². The van der Waals surface area contributed by atoms with Gasteiger partial charge >= 0.3 is 0 Å². The molecule has 0 aliphatic carbocycles. The van der Waals surface area contributed by atoms with E-state index in [2.05, 4.69) is 10.0 Å². The lowest BCUT2D eigenvalue weighted by Gasteiger charge is -2.23. The molecule has 0 spiro atoms. The summed E-state index contributed by atoms with van der Waals surface area (Å²) in [7, 11) is -2.46. The van der Waals surface area contributed by atoms with Gasteiger partial charge in [0.25, 0.3) is 0 Å². The van der Waals surface area contributed by atoms with Crippen molar-refractivity contribution in [2.24, 2.45) is 0 Å². The summed E-state index contributed by atoms with van der Waals surface area (Å²) in [6.45, 7) is 8.77. The Bertz CT molecular complexity index is 648. The third kappa shape index (κ3) is 4.99. The standard InChI is InChI=1S/C15H24N2O4S/c1-10-7-8-12(21-6)13(9-10)22(19,20)17-11(2)14(18)16-15(3,4)5/h7-9,11,17H,1-6H3,(H,16,18)/t11-/m1/s1. The summed E-state index contributed by atoms with van der Waals surface area (Å²) in [5.74, 6) is -0.149. The van der Waals surface area contributed by atoms with Crippen LogP contribution >= 0.6 is 0 Å². The predicted octanol–water partition coefficient (Wildman–Crippen LogP) is 1.59. The first-order valence-corrected chi connectivity index (χ1v) is 8.43. The van der Waals surface area contributed by atoms with Gasteiger partial charge in [0.15, 0.2) is 0 Å². The molecule has 1 amide bonds. The largest absolute Gasteiger partial charge is 0.495 e. The number of aryl methyl sites for hydroxylation is 1. The summed E-state index contributed by atoms with van der Waals surface area (Å²) >= 11 is 0. The van der Waals surface area contributed by atoms with Gasteiger partial charge in [-0.2, -0.15) is 4.72 Å². The van der Waals surface area contributed by atoms with Crippen LogP contribution in [0.1, 0.15) is 33.3 Å². The third-order valence-corrected chi connectivity index (χ3v) is 4.39. The second kappa shape index (κ2) is 6.66. The molecular weight excluding hydrogens is 304 g/mol. The highest BCUT2D eigenvalue weighted by Crippen LogP contribution is 2.24. The van der Waals surface area contributed by atoms with E-state index in [1.807, 2.05) is 20.8 Å². The lowest BCUT2D eigenvalue weighted by atomic mass is 10.1. The molecule has 0 aliphatic rings. The zero-order valence-corrected chi connectivity index (χ0v) is 14.7. The Morgan fingerprint density at radius 2 is 1.86 bits per heavy atom. The molecule has 1 aromatic carbocycles. The van der Waals surface area contributed by atoms with Gasteiger partial charge in [-0.3, -0.25) is 4.79 Å². The molecule has 0 bridgehead atoms. The van der Waals surface area contributed by atoms with Crippen molar-refractivity contribution in [2.45, 2.75) is 51.1 Å². The first-order chi connectivity index (χ1) is 9.96. The lowest BCUT2D eigenvalue weighted by molar-refractivity contribution is -0.123. The van der Waals surface area contributed by atoms with Gasteiger partial charge in [-0.1, -0.05) is 6.07 Å². The van der Waals surface area contributed by atoms with E-state index < -0.39 is 21.6 Å².